The van der Waals surface area contributed by atoms with Crippen LogP contribution in [0.1, 0.15) is 38.9 Å². The summed E-state index contributed by atoms with van der Waals surface area (Å²) in [4.78, 5) is 24.2. The van der Waals surface area contributed by atoms with Crippen molar-refractivity contribution in [2.24, 2.45) is 0 Å². The van der Waals surface area contributed by atoms with E-state index >= 15 is 0 Å². The number of alkyl halides is 3. The molecule has 0 saturated carbocycles. The minimum Gasteiger partial charge on any atom is -0.478 e. The predicted molar refractivity (Wildman–Crippen MR) is 75.3 cm³/mol. The highest BCUT2D eigenvalue weighted by molar-refractivity contribution is 5.97. The van der Waals surface area contributed by atoms with E-state index in [9.17, 15) is 22.8 Å². The highest BCUT2D eigenvalue weighted by Gasteiger charge is 2.36. The number of carbonyl (C=O) groups excluding carboxylic acids is 1. The molecule has 2 rings (SSSR count). The Morgan fingerprint density at radius 3 is 2.58 bits per heavy atom. The number of aryl methyl sites for hydroxylation is 1. The second kappa shape index (κ2) is 6.69. The number of halogens is 3. The van der Waals surface area contributed by atoms with Gasteiger partial charge in [-0.1, -0.05) is 0 Å². The minimum absolute atomic E-state index is 0.100. The zero-order chi connectivity index (χ0) is 17.9. The predicted octanol–water partition coefficient (Wildman–Crippen LogP) is 1.95. The summed E-state index contributed by atoms with van der Waals surface area (Å²) in [6.07, 6.45) is -3.47. The van der Waals surface area contributed by atoms with E-state index in [0.29, 0.717) is 18.3 Å². The lowest BCUT2D eigenvalue weighted by molar-refractivity contribution is -0.137. The van der Waals surface area contributed by atoms with Crippen molar-refractivity contribution in [3.63, 3.8) is 0 Å². The topological polar surface area (TPSA) is 97.1 Å². The molecule has 1 heterocycles. The van der Waals surface area contributed by atoms with Crippen LogP contribution in [-0.2, 0) is 19.3 Å². The van der Waals surface area contributed by atoms with Crippen LogP contribution in [0.4, 0.5) is 13.2 Å². The molecule has 10 heteroatoms. The number of nitrogens with one attached hydrogen (secondary N) is 1. The van der Waals surface area contributed by atoms with Crippen LogP contribution < -0.4 is 5.32 Å². The van der Waals surface area contributed by atoms with Gasteiger partial charge in [-0.05, 0) is 25.1 Å². The summed E-state index contributed by atoms with van der Waals surface area (Å²) < 4.78 is 39.2. The lowest BCUT2D eigenvalue weighted by Gasteiger charge is -2.13. The Labute approximate surface area is 134 Å². The van der Waals surface area contributed by atoms with Gasteiger partial charge in [0.05, 0.1) is 36.0 Å². The number of aromatic nitrogens is 3. The Kier molecular flexibility index (Phi) is 4.86. The van der Waals surface area contributed by atoms with Crippen molar-refractivity contribution in [3.8, 4) is 0 Å². The first-order valence-corrected chi connectivity index (χ1v) is 6.84. The molecule has 0 fully saturated rings. The molecule has 128 valence electrons. The summed E-state index contributed by atoms with van der Waals surface area (Å²) in [6.45, 7) is 2.22. The van der Waals surface area contributed by atoms with Crippen molar-refractivity contribution in [2.75, 3.05) is 0 Å². The number of carboxylic acids is 1. The van der Waals surface area contributed by atoms with Crippen molar-refractivity contribution in [1.29, 1.82) is 0 Å². The molecule has 0 unspecified atom stereocenters. The SMILES string of the molecule is CCn1ncc(CNC(=O)c2ccc(C(=O)O)cc2C(F)(F)F)n1. The average Bonchev–Trinajstić information content (AvgIpc) is 2.99. The number of amides is 1. The van der Waals surface area contributed by atoms with Crippen molar-refractivity contribution >= 4 is 11.9 Å². The first kappa shape index (κ1) is 17.4. The summed E-state index contributed by atoms with van der Waals surface area (Å²) >= 11 is 0. The Balaban J connectivity index is 2.23. The fourth-order valence-electron chi connectivity index (χ4n) is 1.94. The maximum atomic E-state index is 13.1. The number of hydrogen-bond donors (Lipinski definition) is 2. The van der Waals surface area contributed by atoms with Gasteiger partial charge in [0.15, 0.2) is 0 Å². The smallest absolute Gasteiger partial charge is 0.417 e. The molecule has 2 N–H and O–H groups in total. The molecule has 0 saturated heterocycles. The van der Waals surface area contributed by atoms with Crippen LogP contribution in [0.25, 0.3) is 0 Å². The molecule has 0 radical (unpaired) electrons. The zero-order valence-corrected chi connectivity index (χ0v) is 12.5. The molecule has 1 aromatic heterocycles. The molecular weight excluding hydrogens is 329 g/mol. The van der Waals surface area contributed by atoms with Gasteiger partial charge < -0.3 is 10.4 Å². The lowest BCUT2D eigenvalue weighted by atomic mass is 10.0. The van der Waals surface area contributed by atoms with E-state index in [1.807, 2.05) is 6.92 Å². The normalized spacial score (nSPS) is 11.3. The molecule has 0 aliphatic rings. The van der Waals surface area contributed by atoms with Crippen molar-refractivity contribution in [2.45, 2.75) is 26.2 Å². The third-order valence-corrected chi connectivity index (χ3v) is 3.11. The Bertz CT molecular complexity index is 771. The maximum absolute atomic E-state index is 13.1. The fraction of sp³-hybridized carbons (Fsp3) is 0.286. The monoisotopic (exact) mass is 342 g/mol. The molecule has 1 aromatic carbocycles. The number of carbonyl (C=O) groups is 2. The first-order valence-electron chi connectivity index (χ1n) is 6.84. The number of benzene rings is 1. The van der Waals surface area contributed by atoms with E-state index in [1.54, 1.807) is 0 Å². The number of nitrogens with zero attached hydrogens (tertiary/aromatic N) is 3. The van der Waals surface area contributed by atoms with Crippen LogP contribution in [0.15, 0.2) is 24.4 Å². The summed E-state index contributed by atoms with van der Waals surface area (Å²) in [7, 11) is 0. The van der Waals surface area contributed by atoms with Gasteiger partial charge in [0.1, 0.15) is 5.69 Å². The van der Waals surface area contributed by atoms with E-state index in [-0.39, 0.29) is 6.54 Å². The van der Waals surface area contributed by atoms with Crippen molar-refractivity contribution in [1.82, 2.24) is 20.3 Å². The van der Waals surface area contributed by atoms with E-state index in [1.165, 1.54) is 11.0 Å². The quantitative estimate of drug-likeness (QED) is 0.865. The standard InChI is InChI=1S/C14H13F3N4O3/c1-2-21-19-7-9(20-21)6-18-12(22)10-4-3-8(13(23)24)5-11(10)14(15,16)17/h3-5,7H,2,6H2,1H3,(H,18,22)(H,23,24). The van der Waals surface area contributed by atoms with Gasteiger partial charge in [-0.15, -0.1) is 0 Å². The van der Waals surface area contributed by atoms with Crippen molar-refractivity contribution < 1.29 is 27.9 Å². The molecular formula is C14H13F3N4O3. The zero-order valence-electron chi connectivity index (χ0n) is 12.5. The van der Waals surface area contributed by atoms with E-state index in [0.717, 1.165) is 12.1 Å². The largest absolute Gasteiger partial charge is 0.478 e. The van der Waals surface area contributed by atoms with Gasteiger partial charge in [-0.3, -0.25) is 4.79 Å². The summed E-state index contributed by atoms with van der Waals surface area (Å²) in [5.74, 6) is -2.49. The van der Waals surface area contributed by atoms with Gasteiger partial charge in [0.25, 0.3) is 5.91 Å². The van der Waals surface area contributed by atoms with Crippen LogP contribution >= 0.6 is 0 Å². The average molecular weight is 342 g/mol. The molecule has 7 nitrogen and oxygen atoms in total. The molecule has 0 aliphatic carbocycles. The third kappa shape index (κ3) is 3.89. The Hall–Kier alpha value is -2.91. The summed E-state index contributed by atoms with van der Waals surface area (Å²) in [5.41, 5.74) is -2.13. The molecule has 0 aliphatic heterocycles. The van der Waals surface area contributed by atoms with Gasteiger partial charge in [0.2, 0.25) is 0 Å². The van der Waals surface area contributed by atoms with Gasteiger partial charge >= 0.3 is 12.1 Å². The molecule has 0 atom stereocenters. The minimum atomic E-state index is -4.86. The second-order valence-electron chi connectivity index (χ2n) is 4.77. The first-order chi connectivity index (χ1) is 11.2. The number of carboxylic acid groups (broad SMARTS) is 1. The Morgan fingerprint density at radius 2 is 2.04 bits per heavy atom. The number of aromatic carboxylic acids is 1. The van der Waals surface area contributed by atoms with Crippen LogP contribution in [0.5, 0.6) is 0 Å². The van der Waals surface area contributed by atoms with Crippen LogP contribution in [0, 0.1) is 0 Å². The highest BCUT2D eigenvalue weighted by Crippen LogP contribution is 2.32. The summed E-state index contributed by atoms with van der Waals surface area (Å²) in [6, 6.07) is 2.22. The molecule has 24 heavy (non-hydrogen) atoms. The molecule has 0 spiro atoms. The van der Waals surface area contributed by atoms with Gasteiger partial charge in [-0.25, -0.2) is 4.79 Å². The number of hydrogen-bond acceptors (Lipinski definition) is 4. The second-order valence-corrected chi connectivity index (χ2v) is 4.77. The van der Waals surface area contributed by atoms with Crippen LogP contribution in [0.2, 0.25) is 0 Å². The Morgan fingerprint density at radius 1 is 1.33 bits per heavy atom. The third-order valence-electron chi connectivity index (χ3n) is 3.11. The fourth-order valence-corrected chi connectivity index (χ4v) is 1.94. The van der Waals surface area contributed by atoms with E-state index < -0.39 is 34.7 Å². The van der Waals surface area contributed by atoms with Crippen LogP contribution in [0.3, 0.4) is 0 Å². The van der Waals surface area contributed by atoms with Crippen LogP contribution in [-0.4, -0.2) is 32.0 Å². The van der Waals surface area contributed by atoms with E-state index in [4.69, 9.17) is 5.11 Å². The van der Waals surface area contributed by atoms with Gasteiger partial charge in [0, 0.05) is 0 Å². The van der Waals surface area contributed by atoms with Crippen molar-refractivity contribution in [3.05, 3.63) is 46.8 Å². The lowest BCUT2D eigenvalue weighted by Crippen LogP contribution is -2.26. The molecule has 1 amide bonds. The van der Waals surface area contributed by atoms with Gasteiger partial charge in [-0.2, -0.15) is 28.2 Å². The highest BCUT2D eigenvalue weighted by atomic mass is 19.4. The number of rotatable bonds is 5. The summed E-state index contributed by atoms with van der Waals surface area (Å²) in [5, 5.41) is 19.0. The molecule has 0 bridgehead atoms. The maximum Gasteiger partial charge on any atom is 0.417 e. The molecule has 2 aromatic rings. The van der Waals surface area contributed by atoms with E-state index in [2.05, 4.69) is 15.5 Å².